The zero-order valence-corrected chi connectivity index (χ0v) is 13.8. The van der Waals surface area contributed by atoms with Gasteiger partial charge in [-0.3, -0.25) is 4.79 Å². The summed E-state index contributed by atoms with van der Waals surface area (Å²) in [6, 6.07) is 6.86. The van der Waals surface area contributed by atoms with Crippen molar-refractivity contribution >= 4 is 11.6 Å². The Bertz CT molecular complexity index is 720. The lowest BCUT2D eigenvalue weighted by Gasteiger charge is -2.42. The van der Waals surface area contributed by atoms with Gasteiger partial charge in [-0.05, 0) is 30.7 Å². The molecule has 6 nitrogen and oxygen atoms in total. The second-order valence-electron chi connectivity index (χ2n) is 6.49. The molecule has 25 heavy (non-hydrogen) atoms. The number of benzene rings is 1. The molecule has 1 aromatic carbocycles. The van der Waals surface area contributed by atoms with E-state index in [0.717, 1.165) is 18.7 Å². The normalized spacial score (nSPS) is 23.9. The second kappa shape index (κ2) is 6.84. The molecule has 3 heterocycles. The number of oxazole rings is 1. The Kier molecular flexibility index (Phi) is 4.40. The van der Waals surface area contributed by atoms with Gasteiger partial charge in [-0.2, -0.15) is 0 Å². The summed E-state index contributed by atoms with van der Waals surface area (Å²) in [5.74, 6) is -0.138. The van der Waals surface area contributed by atoms with Crippen molar-refractivity contribution < 1.29 is 18.3 Å². The highest BCUT2D eigenvalue weighted by atomic mass is 19.1. The first-order valence-corrected chi connectivity index (χ1v) is 8.50. The van der Waals surface area contributed by atoms with Crippen LogP contribution < -0.4 is 4.90 Å². The fraction of sp³-hybridized carbons (Fsp3) is 0.444. The lowest BCUT2D eigenvalue weighted by atomic mass is 9.91. The molecule has 0 aliphatic carbocycles. The highest BCUT2D eigenvalue weighted by Crippen LogP contribution is 2.30. The predicted octanol–water partition coefficient (Wildman–Crippen LogP) is 2.18. The molecule has 1 amide bonds. The lowest BCUT2D eigenvalue weighted by molar-refractivity contribution is 0.0516. The van der Waals surface area contributed by atoms with E-state index in [9.17, 15) is 9.18 Å². The van der Waals surface area contributed by atoms with Gasteiger partial charge < -0.3 is 19.0 Å². The Labute approximate surface area is 145 Å². The van der Waals surface area contributed by atoms with Gasteiger partial charge in [0.1, 0.15) is 12.1 Å². The number of ether oxygens (including phenoxy) is 1. The van der Waals surface area contributed by atoms with Crippen molar-refractivity contribution in [3.05, 3.63) is 48.4 Å². The number of nitrogens with zero attached hydrogens (tertiary/aromatic N) is 3. The molecular formula is C18H20FN3O3. The molecule has 1 aromatic heterocycles. The molecule has 0 radical (unpaired) electrons. The Hall–Kier alpha value is -2.41. The third-order valence-electron chi connectivity index (χ3n) is 5.00. The molecule has 0 unspecified atom stereocenters. The van der Waals surface area contributed by atoms with E-state index < -0.39 is 0 Å². The molecule has 0 bridgehead atoms. The number of hydrogen-bond donors (Lipinski definition) is 0. The fourth-order valence-corrected chi connectivity index (χ4v) is 3.78. The minimum atomic E-state index is -0.237. The van der Waals surface area contributed by atoms with Crippen LogP contribution in [0.1, 0.15) is 16.9 Å². The number of fused-ring (bicyclic) bond motifs is 1. The highest BCUT2D eigenvalue weighted by Gasteiger charge is 2.37. The van der Waals surface area contributed by atoms with Crippen molar-refractivity contribution in [2.75, 3.05) is 37.7 Å². The maximum absolute atomic E-state index is 13.2. The van der Waals surface area contributed by atoms with Crippen LogP contribution in [0.3, 0.4) is 0 Å². The molecule has 132 valence electrons. The first-order chi connectivity index (χ1) is 12.2. The molecule has 4 rings (SSSR count). The third kappa shape index (κ3) is 3.24. The SMILES string of the molecule is O=C(c1cocn1)N1CC[C@H]2[C@@H](COCCN2c2ccc(F)cc2)C1. The van der Waals surface area contributed by atoms with Crippen molar-refractivity contribution in [3.63, 3.8) is 0 Å². The molecule has 0 spiro atoms. The Morgan fingerprint density at radius 3 is 2.84 bits per heavy atom. The first-order valence-electron chi connectivity index (χ1n) is 8.50. The van der Waals surface area contributed by atoms with Gasteiger partial charge in [-0.25, -0.2) is 9.37 Å². The highest BCUT2D eigenvalue weighted by molar-refractivity contribution is 5.92. The van der Waals surface area contributed by atoms with Crippen LogP contribution in [0.5, 0.6) is 0 Å². The van der Waals surface area contributed by atoms with E-state index in [1.165, 1.54) is 24.8 Å². The molecular weight excluding hydrogens is 325 g/mol. The van der Waals surface area contributed by atoms with Crippen molar-refractivity contribution in [1.82, 2.24) is 9.88 Å². The molecule has 2 fully saturated rings. The predicted molar refractivity (Wildman–Crippen MR) is 88.9 cm³/mol. The van der Waals surface area contributed by atoms with Gasteiger partial charge in [0.25, 0.3) is 5.91 Å². The number of carbonyl (C=O) groups is 1. The van der Waals surface area contributed by atoms with Crippen LogP contribution >= 0.6 is 0 Å². The third-order valence-corrected chi connectivity index (χ3v) is 5.00. The van der Waals surface area contributed by atoms with Crippen LogP contribution in [0.2, 0.25) is 0 Å². The van der Waals surface area contributed by atoms with Gasteiger partial charge in [-0.15, -0.1) is 0 Å². The number of amides is 1. The minimum Gasteiger partial charge on any atom is -0.451 e. The van der Waals surface area contributed by atoms with Crippen LogP contribution in [0.25, 0.3) is 0 Å². The summed E-state index contributed by atoms with van der Waals surface area (Å²) in [6.45, 7) is 3.29. The maximum atomic E-state index is 13.2. The van der Waals surface area contributed by atoms with E-state index in [1.807, 2.05) is 17.0 Å². The maximum Gasteiger partial charge on any atom is 0.275 e. The van der Waals surface area contributed by atoms with Crippen LogP contribution in [0.4, 0.5) is 10.1 Å². The monoisotopic (exact) mass is 345 g/mol. The molecule has 7 heteroatoms. The van der Waals surface area contributed by atoms with Crippen LogP contribution in [-0.2, 0) is 4.74 Å². The van der Waals surface area contributed by atoms with E-state index in [0.29, 0.717) is 32.0 Å². The van der Waals surface area contributed by atoms with E-state index >= 15 is 0 Å². The number of rotatable bonds is 2. The molecule has 2 atom stereocenters. The minimum absolute atomic E-state index is 0.107. The van der Waals surface area contributed by atoms with Gasteiger partial charge in [0.2, 0.25) is 0 Å². The summed E-state index contributed by atoms with van der Waals surface area (Å²) in [4.78, 5) is 20.6. The van der Waals surface area contributed by atoms with E-state index in [4.69, 9.17) is 9.15 Å². The zero-order valence-electron chi connectivity index (χ0n) is 13.8. The topological polar surface area (TPSA) is 58.8 Å². The number of hydrogen-bond acceptors (Lipinski definition) is 5. The van der Waals surface area contributed by atoms with E-state index in [1.54, 1.807) is 0 Å². The smallest absolute Gasteiger partial charge is 0.275 e. The molecule has 0 saturated carbocycles. The summed E-state index contributed by atoms with van der Waals surface area (Å²) < 4.78 is 23.9. The van der Waals surface area contributed by atoms with E-state index in [-0.39, 0.29) is 23.7 Å². The Balaban J connectivity index is 1.52. The number of likely N-dealkylation sites (tertiary alicyclic amines) is 1. The Morgan fingerprint density at radius 2 is 2.08 bits per heavy atom. The molecule has 2 saturated heterocycles. The second-order valence-corrected chi connectivity index (χ2v) is 6.49. The van der Waals surface area contributed by atoms with E-state index in [2.05, 4.69) is 9.88 Å². The largest absolute Gasteiger partial charge is 0.451 e. The quantitative estimate of drug-likeness (QED) is 0.835. The average molecular weight is 345 g/mol. The summed E-state index contributed by atoms with van der Waals surface area (Å²) in [7, 11) is 0. The number of carbonyl (C=O) groups excluding carboxylic acids is 1. The Morgan fingerprint density at radius 1 is 1.24 bits per heavy atom. The zero-order chi connectivity index (χ0) is 17.2. The summed E-state index contributed by atoms with van der Waals surface area (Å²) >= 11 is 0. The van der Waals surface area contributed by atoms with Gasteiger partial charge in [0.05, 0.1) is 13.2 Å². The number of aromatic nitrogens is 1. The van der Waals surface area contributed by atoms with Crippen molar-refractivity contribution in [2.24, 2.45) is 5.92 Å². The van der Waals surface area contributed by atoms with Crippen LogP contribution in [0.15, 0.2) is 41.3 Å². The summed E-state index contributed by atoms with van der Waals surface area (Å²) in [5, 5.41) is 0. The fourth-order valence-electron chi connectivity index (χ4n) is 3.78. The van der Waals surface area contributed by atoms with Crippen molar-refractivity contribution in [1.29, 1.82) is 0 Å². The van der Waals surface area contributed by atoms with Crippen molar-refractivity contribution in [3.8, 4) is 0 Å². The molecule has 0 N–H and O–H groups in total. The molecule has 2 aliphatic rings. The number of anilines is 1. The van der Waals surface area contributed by atoms with Crippen molar-refractivity contribution in [2.45, 2.75) is 12.5 Å². The number of halogens is 1. The standard InChI is InChI=1S/C18H20FN3O3/c19-14-1-3-15(4-2-14)22-7-8-24-10-13-9-21(6-5-17(13)22)18(23)16-11-25-12-20-16/h1-4,11-13,17H,5-10H2/t13-,17+/m1/s1. The lowest BCUT2D eigenvalue weighted by Crippen LogP contribution is -2.53. The summed E-state index contributed by atoms with van der Waals surface area (Å²) in [6.07, 6.45) is 3.49. The van der Waals surface area contributed by atoms with Crippen LogP contribution in [0, 0.1) is 11.7 Å². The first kappa shape index (κ1) is 16.1. The average Bonchev–Trinajstić information content (AvgIpc) is 3.09. The van der Waals surface area contributed by atoms with Gasteiger partial charge in [0.15, 0.2) is 12.1 Å². The number of piperidine rings is 1. The summed E-state index contributed by atoms with van der Waals surface area (Å²) in [5.41, 5.74) is 1.33. The molecule has 2 aromatic rings. The van der Waals surface area contributed by atoms with Gasteiger partial charge >= 0.3 is 0 Å². The van der Waals surface area contributed by atoms with Gasteiger partial charge in [0, 0.05) is 37.3 Å². The van der Waals surface area contributed by atoms with Gasteiger partial charge in [-0.1, -0.05) is 0 Å². The van der Waals surface area contributed by atoms with Crippen LogP contribution in [-0.4, -0.2) is 54.7 Å². The molecule has 2 aliphatic heterocycles.